The molecule has 0 aliphatic rings. The summed E-state index contributed by atoms with van der Waals surface area (Å²) in [5.41, 5.74) is 1.57. The Morgan fingerprint density at radius 3 is 2.36 bits per heavy atom. The third kappa shape index (κ3) is 5.33. The zero-order valence-electron chi connectivity index (χ0n) is 16.4. The smallest absolute Gasteiger partial charge is 0.226 e. The Balaban J connectivity index is 2.10. The highest BCUT2D eigenvalue weighted by Gasteiger charge is 2.16. The average Bonchev–Trinajstić information content (AvgIpc) is 2.68. The maximum atomic E-state index is 12.4. The first kappa shape index (κ1) is 21.0. The summed E-state index contributed by atoms with van der Waals surface area (Å²) in [7, 11) is 3.05. The van der Waals surface area contributed by atoms with Gasteiger partial charge in [0.25, 0.3) is 0 Å². The molecule has 148 valence electrons. The zero-order chi connectivity index (χ0) is 20.7. The van der Waals surface area contributed by atoms with Gasteiger partial charge in [0.05, 0.1) is 19.9 Å². The number of methoxy groups -OCH3 is 2. The van der Waals surface area contributed by atoms with E-state index in [0.717, 1.165) is 0 Å². The summed E-state index contributed by atoms with van der Waals surface area (Å²) >= 11 is 0. The molecule has 0 radical (unpaired) electrons. The van der Waals surface area contributed by atoms with Crippen LogP contribution in [0.5, 0.6) is 11.5 Å². The van der Waals surface area contributed by atoms with E-state index in [1.807, 2.05) is 0 Å². The number of ketones is 1. The molecule has 1 N–H and O–H groups in total. The van der Waals surface area contributed by atoms with Crippen molar-refractivity contribution in [2.75, 3.05) is 31.0 Å². The number of carbonyl (C=O) groups is 3. The summed E-state index contributed by atoms with van der Waals surface area (Å²) in [6.45, 7) is 3.06. The molecule has 0 saturated carbocycles. The number of hydrogen-bond donors (Lipinski definition) is 1. The number of carbonyl (C=O) groups excluding carboxylic acids is 3. The van der Waals surface area contributed by atoms with Gasteiger partial charge in [-0.05, 0) is 31.2 Å². The lowest BCUT2D eigenvalue weighted by Crippen LogP contribution is -2.32. The Morgan fingerprint density at radius 2 is 1.75 bits per heavy atom. The molecule has 0 aromatic heterocycles. The molecule has 0 aliphatic carbocycles. The van der Waals surface area contributed by atoms with E-state index in [0.29, 0.717) is 28.4 Å². The van der Waals surface area contributed by atoms with Crippen LogP contribution in [-0.4, -0.2) is 38.4 Å². The molecule has 2 aromatic rings. The van der Waals surface area contributed by atoms with Crippen molar-refractivity contribution >= 4 is 29.0 Å². The molecule has 7 heteroatoms. The monoisotopic (exact) mass is 384 g/mol. The number of amides is 2. The Bertz CT molecular complexity index is 879. The fourth-order valence-corrected chi connectivity index (χ4v) is 2.70. The van der Waals surface area contributed by atoms with Crippen molar-refractivity contribution in [1.82, 2.24) is 0 Å². The highest BCUT2D eigenvalue weighted by atomic mass is 16.5. The van der Waals surface area contributed by atoms with Crippen LogP contribution < -0.4 is 19.7 Å². The first-order chi connectivity index (χ1) is 13.3. The van der Waals surface area contributed by atoms with Crippen LogP contribution in [0.1, 0.15) is 30.6 Å². The second-order valence-corrected chi connectivity index (χ2v) is 6.14. The standard InChI is InChI=1S/C21H24N2O5/c1-14(24)16-6-5-7-17(12-16)23(15(2)25)11-10-21(26)22-19-13-18(27-3)8-9-20(19)28-4/h5-9,12-13H,10-11H2,1-4H3,(H,22,26). The maximum Gasteiger partial charge on any atom is 0.226 e. The number of nitrogens with zero attached hydrogens (tertiary/aromatic N) is 1. The molecule has 0 fully saturated rings. The lowest BCUT2D eigenvalue weighted by Gasteiger charge is -2.21. The molecule has 0 aliphatic heterocycles. The third-order valence-corrected chi connectivity index (χ3v) is 4.19. The highest BCUT2D eigenvalue weighted by Crippen LogP contribution is 2.29. The Morgan fingerprint density at radius 1 is 1.00 bits per heavy atom. The van der Waals surface area contributed by atoms with Crippen molar-refractivity contribution in [3.63, 3.8) is 0 Å². The van der Waals surface area contributed by atoms with Gasteiger partial charge in [-0.1, -0.05) is 12.1 Å². The van der Waals surface area contributed by atoms with Gasteiger partial charge >= 0.3 is 0 Å². The fourth-order valence-electron chi connectivity index (χ4n) is 2.70. The van der Waals surface area contributed by atoms with Gasteiger partial charge < -0.3 is 19.7 Å². The van der Waals surface area contributed by atoms with Gasteiger partial charge in [-0.15, -0.1) is 0 Å². The first-order valence-corrected chi connectivity index (χ1v) is 8.76. The van der Waals surface area contributed by atoms with Gasteiger partial charge in [-0.25, -0.2) is 0 Å². The van der Waals surface area contributed by atoms with Crippen LogP contribution >= 0.6 is 0 Å². The van der Waals surface area contributed by atoms with Gasteiger partial charge in [0, 0.05) is 37.2 Å². The molecule has 0 heterocycles. The van der Waals surface area contributed by atoms with Crippen LogP contribution in [0.2, 0.25) is 0 Å². The number of Topliss-reactive ketones (excluding diaryl/α,β-unsaturated/α-hetero) is 1. The van der Waals surface area contributed by atoms with E-state index in [1.54, 1.807) is 42.5 Å². The molecule has 2 rings (SSSR count). The largest absolute Gasteiger partial charge is 0.497 e. The van der Waals surface area contributed by atoms with Crippen molar-refractivity contribution in [3.05, 3.63) is 48.0 Å². The Kier molecular flexibility index (Phi) is 7.14. The first-order valence-electron chi connectivity index (χ1n) is 8.76. The van der Waals surface area contributed by atoms with Gasteiger partial charge in [-0.2, -0.15) is 0 Å². The number of hydrogen-bond acceptors (Lipinski definition) is 5. The minimum absolute atomic E-state index is 0.0737. The lowest BCUT2D eigenvalue weighted by atomic mass is 10.1. The Labute approximate surface area is 164 Å². The summed E-state index contributed by atoms with van der Waals surface area (Å²) in [4.78, 5) is 37.5. The van der Waals surface area contributed by atoms with E-state index in [4.69, 9.17) is 9.47 Å². The predicted molar refractivity (Wildman–Crippen MR) is 107 cm³/mol. The zero-order valence-corrected chi connectivity index (χ0v) is 16.4. The SMILES string of the molecule is COc1ccc(OC)c(NC(=O)CCN(C(C)=O)c2cccc(C(C)=O)c2)c1. The number of rotatable bonds is 8. The molecule has 28 heavy (non-hydrogen) atoms. The van der Waals surface area contributed by atoms with Crippen molar-refractivity contribution in [1.29, 1.82) is 0 Å². The molecule has 7 nitrogen and oxygen atoms in total. The maximum absolute atomic E-state index is 12.4. The van der Waals surface area contributed by atoms with Crippen LogP contribution in [0.4, 0.5) is 11.4 Å². The molecule has 0 spiro atoms. The lowest BCUT2D eigenvalue weighted by molar-refractivity contribution is -0.117. The minimum atomic E-state index is -0.277. The van der Waals surface area contributed by atoms with E-state index in [9.17, 15) is 14.4 Å². The molecule has 2 aromatic carbocycles. The van der Waals surface area contributed by atoms with Crippen LogP contribution in [0.25, 0.3) is 0 Å². The summed E-state index contributed by atoms with van der Waals surface area (Å²) in [5, 5.41) is 2.78. The van der Waals surface area contributed by atoms with Crippen LogP contribution in [0.15, 0.2) is 42.5 Å². The number of ether oxygens (including phenoxy) is 2. The van der Waals surface area contributed by atoms with Gasteiger partial charge in [0.2, 0.25) is 11.8 Å². The summed E-state index contributed by atoms with van der Waals surface area (Å²) < 4.78 is 10.4. The van der Waals surface area contributed by atoms with E-state index >= 15 is 0 Å². The fraction of sp³-hybridized carbons (Fsp3) is 0.286. The Hall–Kier alpha value is -3.35. The van der Waals surface area contributed by atoms with E-state index in [2.05, 4.69) is 5.32 Å². The molecular weight excluding hydrogens is 360 g/mol. The highest BCUT2D eigenvalue weighted by molar-refractivity contribution is 5.98. The van der Waals surface area contributed by atoms with Crippen LogP contribution in [0, 0.1) is 0 Å². The van der Waals surface area contributed by atoms with Crippen molar-refractivity contribution in [2.45, 2.75) is 20.3 Å². The number of nitrogens with one attached hydrogen (secondary N) is 1. The summed E-state index contributed by atoms with van der Waals surface area (Å²) in [5.74, 6) is 0.510. The van der Waals surface area contributed by atoms with Crippen LogP contribution in [0.3, 0.4) is 0 Å². The summed E-state index contributed by atoms with van der Waals surface area (Å²) in [6, 6.07) is 11.9. The second kappa shape index (κ2) is 9.55. The number of benzene rings is 2. The van der Waals surface area contributed by atoms with E-state index < -0.39 is 0 Å². The van der Waals surface area contributed by atoms with E-state index in [-0.39, 0.29) is 30.6 Å². The van der Waals surface area contributed by atoms with Gasteiger partial charge in [0.15, 0.2) is 5.78 Å². The quantitative estimate of drug-likeness (QED) is 0.706. The molecule has 0 bridgehead atoms. The molecule has 2 amide bonds. The van der Waals surface area contributed by atoms with Gasteiger partial charge in [-0.3, -0.25) is 14.4 Å². The number of anilines is 2. The van der Waals surface area contributed by atoms with Crippen molar-refractivity contribution in [2.24, 2.45) is 0 Å². The molecule has 0 atom stereocenters. The second-order valence-electron chi connectivity index (χ2n) is 6.14. The van der Waals surface area contributed by atoms with E-state index in [1.165, 1.54) is 33.0 Å². The topological polar surface area (TPSA) is 84.9 Å². The van der Waals surface area contributed by atoms with Crippen molar-refractivity contribution < 1.29 is 23.9 Å². The van der Waals surface area contributed by atoms with Crippen LogP contribution in [-0.2, 0) is 9.59 Å². The average molecular weight is 384 g/mol. The predicted octanol–water partition coefficient (Wildman–Crippen LogP) is 3.29. The van der Waals surface area contributed by atoms with Gasteiger partial charge in [0.1, 0.15) is 11.5 Å². The minimum Gasteiger partial charge on any atom is -0.497 e. The van der Waals surface area contributed by atoms with Crippen molar-refractivity contribution in [3.8, 4) is 11.5 Å². The molecule has 0 saturated heterocycles. The summed E-state index contributed by atoms with van der Waals surface area (Å²) in [6.07, 6.45) is 0.0737. The third-order valence-electron chi connectivity index (χ3n) is 4.19. The molecule has 0 unspecified atom stereocenters. The molecular formula is C21H24N2O5. The normalized spacial score (nSPS) is 10.1.